The Labute approximate surface area is 147 Å². The van der Waals surface area contributed by atoms with Gasteiger partial charge in [-0.1, -0.05) is 0 Å². The fraction of sp³-hybridized carbons (Fsp3) is 0.412. The molecule has 0 spiro atoms. The highest BCUT2D eigenvalue weighted by Gasteiger charge is 2.11. The van der Waals surface area contributed by atoms with Crippen molar-refractivity contribution in [2.45, 2.75) is 6.42 Å². The molecule has 9 heteroatoms. The van der Waals surface area contributed by atoms with Crippen molar-refractivity contribution in [2.24, 2.45) is 0 Å². The van der Waals surface area contributed by atoms with Crippen molar-refractivity contribution in [1.29, 1.82) is 0 Å². The number of morpholine rings is 1. The second-order valence-corrected chi connectivity index (χ2v) is 6.17. The van der Waals surface area contributed by atoms with Gasteiger partial charge in [-0.25, -0.2) is 0 Å². The molecule has 3 heterocycles. The fourth-order valence-corrected chi connectivity index (χ4v) is 3.07. The molecule has 1 aliphatic heterocycles. The standard InChI is InChI=1S/C17H19N5O4/c23-16-12-3-2-11(26-7-1-4-22-5-8-25-9-6-22)10-13(12)18-17(24)15-14(16)19-21-20-15/h2-3,10H,1,4-9H2,(H,18,24)(H,19,20,21). The maximum absolute atomic E-state index is 12.5. The molecule has 0 radical (unpaired) electrons. The van der Waals surface area contributed by atoms with Gasteiger partial charge in [0.15, 0.2) is 11.0 Å². The first-order chi connectivity index (χ1) is 12.7. The number of aromatic amines is 2. The van der Waals surface area contributed by atoms with Gasteiger partial charge in [0, 0.05) is 31.1 Å². The normalized spacial score (nSPS) is 15.5. The highest BCUT2D eigenvalue weighted by Crippen LogP contribution is 2.17. The van der Waals surface area contributed by atoms with Crippen LogP contribution < -0.4 is 15.7 Å². The zero-order valence-corrected chi connectivity index (χ0v) is 14.2. The first-order valence-corrected chi connectivity index (χ1v) is 8.56. The van der Waals surface area contributed by atoms with E-state index >= 15 is 0 Å². The van der Waals surface area contributed by atoms with Crippen LogP contribution in [-0.2, 0) is 4.74 Å². The molecule has 1 fully saturated rings. The van der Waals surface area contributed by atoms with Gasteiger partial charge >= 0.3 is 0 Å². The maximum atomic E-state index is 12.5. The Morgan fingerprint density at radius 2 is 1.96 bits per heavy atom. The molecule has 9 nitrogen and oxygen atoms in total. The monoisotopic (exact) mass is 357 g/mol. The molecule has 0 atom stereocenters. The van der Waals surface area contributed by atoms with E-state index in [9.17, 15) is 9.59 Å². The second-order valence-electron chi connectivity index (χ2n) is 6.17. The molecule has 2 aromatic heterocycles. The van der Waals surface area contributed by atoms with Crippen molar-refractivity contribution in [3.63, 3.8) is 0 Å². The number of nitrogens with zero attached hydrogens (tertiary/aromatic N) is 3. The first kappa shape index (κ1) is 16.7. The first-order valence-electron chi connectivity index (χ1n) is 8.56. The third kappa shape index (κ3) is 3.31. The quantitative estimate of drug-likeness (QED) is 0.630. The van der Waals surface area contributed by atoms with Crippen LogP contribution in [0.2, 0.25) is 0 Å². The Morgan fingerprint density at radius 1 is 1.15 bits per heavy atom. The number of nitrogens with one attached hydrogen (secondary N) is 2. The van der Waals surface area contributed by atoms with E-state index in [-0.39, 0.29) is 16.5 Å². The number of fused-ring (bicyclic) bond motifs is 2. The predicted molar refractivity (Wildman–Crippen MR) is 95.7 cm³/mol. The number of hydrogen-bond donors (Lipinski definition) is 2. The lowest BCUT2D eigenvalue weighted by Gasteiger charge is -2.26. The van der Waals surface area contributed by atoms with E-state index in [0.717, 1.165) is 39.3 Å². The van der Waals surface area contributed by atoms with Crippen molar-refractivity contribution < 1.29 is 9.47 Å². The van der Waals surface area contributed by atoms with Crippen LogP contribution in [-0.4, -0.2) is 64.7 Å². The number of benzene rings is 1. The van der Waals surface area contributed by atoms with Gasteiger partial charge < -0.3 is 14.5 Å². The van der Waals surface area contributed by atoms with Crippen molar-refractivity contribution in [3.05, 3.63) is 38.8 Å². The van der Waals surface area contributed by atoms with Crippen LogP contribution in [0, 0.1) is 0 Å². The Balaban J connectivity index is 1.51. The van der Waals surface area contributed by atoms with E-state index in [2.05, 4.69) is 25.3 Å². The van der Waals surface area contributed by atoms with Crippen molar-refractivity contribution in [1.82, 2.24) is 25.3 Å². The lowest BCUT2D eigenvalue weighted by atomic mass is 10.2. The van der Waals surface area contributed by atoms with Gasteiger partial charge in [-0.3, -0.25) is 14.5 Å². The highest BCUT2D eigenvalue weighted by atomic mass is 16.5. The molecule has 26 heavy (non-hydrogen) atoms. The van der Waals surface area contributed by atoms with Crippen LogP contribution in [0.15, 0.2) is 27.8 Å². The van der Waals surface area contributed by atoms with Gasteiger partial charge in [-0.05, 0) is 18.6 Å². The van der Waals surface area contributed by atoms with E-state index in [1.807, 2.05) is 0 Å². The summed E-state index contributed by atoms with van der Waals surface area (Å²) < 4.78 is 11.1. The number of hydrogen-bond acceptors (Lipinski definition) is 7. The molecule has 0 aliphatic carbocycles. The molecular formula is C17H19N5O4. The van der Waals surface area contributed by atoms with E-state index in [0.29, 0.717) is 23.3 Å². The molecule has 0 bridgehead atoms. The lowest BCUT2D eigenvalue weighted by molar-refractivity contribution is 0.0358. The summed E-state index contributed by atoms with van der Waals surface area (Å²) in [6, 6.07) is 5.02. The summed E-state index contributed by atoms with van der Waals surface area (Å²) in [5.74, 6) is 0.605. The summed E-state index contributed by atoms with van der Waals surface area (Å²) in [6.07, 6.45) is 0.891. The zero-order valence-electron chi connectivity index (χ0n) is 14.2. The molecule has 1 aliphatic rings. The zero-order chi connectivity index (χ0) is 17.9. The minimum atomic E-state index is -0.467. The van der Waals surface area contributed by atoms with E-state index in [1.165, 1.54) is 0 Å². The molecule has 0 unspecified atom stereocenters. The van der Waals surface area contributed by atoms with Gasteiger partial charge in [0.25, 0.3) is 5.56 Å². The Hall–Kier alpha value is -2.78. The number of H-pyrrole nitrogens is 2. The molecule has 4 rings (SSSR count). The van der Waals surface area contributed by atoms with Crippen molar-refractivity contribution in [2.75, 3.05) is 39.5 Å². The summed E-state index contributed by atoms with van der Waals surface area (Å²) in [7, 11) is 0. The lowest BCUT2D eigenvalue weighted by Crippen LogP contribution is -2.37. The minimum absolute atomic E-state index is 0.000760. The van der Waals surface area contributed by atoms with Crippen LogP contribution in [0.5, 0.6) is 5.75 Å². The van der Waals surface area contributed by atoms with E-state index < -0.39 is 5.56 Å². The maximum Gasteiger partial charge on any atom is 0.278 e. The average molecular weight is 357 g/mol. The SMILES string of the molecule is O=c1[nH]c2cc(OCCCN3CCOCC3)ccc2c(=O)c2n[nH]nc12. The number of ether oxygens (including phenoxy) is 2. The van der Waals surface area contributed by atoms with Gasteiger partial charge in [0.1, 0.15) is 5.75 Å². The molecule has 1 aromatic carbocycles. The van der Waals surface area contributed by atoms with Crippen LogP contribution in [0.25, 0.3) is 21.9 Å². The number of aromatic nitrogens is 4. The Bertz CT molecular complexity index is 1040. The topological polar surface area (TPSA) is 113 Å². The summed E-state index contributed by atoms with van der Waals surface area (Å²) >= 11 is 0. The van der Waals surface area contributed by atoms with Gasteiger partial charge in [0.2, 0.25) is 5.43 Å². The van der Waals surface area contributed by atoms with Gasteiger partial charge in [-0.2, -0.15) is 15.4 Å². The average Bonchev–Trinajstić information content (AvgIpc) is 3.12. The highest BCUT2D eigenvalue weighted by molar-refractivity contribution is 5.87. The Morgan fingerprint density at radius 3 is 2.81 bits per heavy atom. The molecule has 0 amide bonds. The molecule has 3 aromatic rings. The molecule has 1 saturated heterocycles. The van der Waals surface area contributed by atoms with Crippen LogP contribution in [0.3, 0.4) is 0 Å². The van der Waals surface area contributed by atoms with Gasteiger partial charge in [-0.15, -0.1) is 0 Å². The predicted octanol–water partition coefficient (Wildman–Crippen LogP) is 0.261. The van der Waals surface area contributed by atoms with E-state index in [1.54, 1.807) is 18.2 Å². The fourth-order valence-electron chi connectivity index (χ4n) is 3.07. The van der Waals surface area contributed by atoms with Gasteiger partial charge in [0.05, 0.1) is 25.3 Å². The Kier molecular flexibility index (Phi) is 4.63. The smallest absolute Gasteiger partial charge is 0.278 e. The summed E-state index contributed by atoms with van der Waals surface area (Å²) in [6.45, 7) is 4.99. The van der Waals surface area contributed by atoms with E-state index in [4.69, 9.17) is 9.47 Å². The van der Waals surface area contributed by atoms with Crippen LogP contribution in [0.4, 0.5) is 0 Å². The summed E-state index contributed by atoms with van der Waals surface area (Å²) in [4.78, 5) is 29.7. The molecular weight excluding hydrogens is 338 g/mol. The third-order valence-electron chi connectivity index (χ3n) is 4.45. The summed E-state index contributed by atoms with van der Waals surface area (Å²) in [5.41, 5.74) is -0.378. The third-order valence-corrected chi connectivity index (χ3v) is 4.45. The van der Waals surface area contributed by atoms with Crippen molar-refractivity contribution >= 4 is 21.9 Å². The number of rotatable bonds is 5. The van der Waals surface area contributed by atoms with Crippen LogP contribution >= 0.6 is 0 Å². The minimum Gasteiger partial charge on any atom is -0.493 e. The van der Waals surface area contributed by atoms with Crippen molar-refractivity contribution in [3.8, 4) is 5.75 Å². The molecule has 136 valence electrons. The summed E-state index contributed by atoms with van der Waals surface area (Å²) in [5, 5.41) is 10.2. The molecule has 0 saturated carbocycles. The molecule has 2 N–H and O–H groups in total. The van der Waals surface area contributed by atoms with Crippen LogP contribution in [0.1, 0.15) is 6.42 Å². The second kappa shape index (κ2) is 7.22. The largest absolute Gasteiger partial charge is 0.493 e.